The smallest absolute Gasteiger partial charge is 0.335 e. The lowest BCUT2D eigenvalue weighted by atomic mass is 10.0. The molecular weight excluding hydrogens is 402 g/mol. The van der Waals surface area contributed by atoms with Crippen LogP contribution in [-0.2, 0) is 0 Å². The molecule has 3 aromatic rings. The molecule has 7 nitrogen and oxygen atoms in total. The Balaban J connectivity index is 1.67. The van der Waals surface area contributed by atoms with Crippen molar-refractivity contribution in [2.24, 2.45) is 0 Å². The molecule has 0 radical (unpaired) electrons. The number of carbonyl (C=O) groups is 1. The summed E-state index contributed by atoms with van der Waals surface area (Å²) in [4.78, 5) is 17.6. The third kappa shape index (κ3) is 3.92. The molecule has 30 heavy (non-hydrogen) atoms. The van der Waals surface area contributed by atoms with Crippen molar-refractivity contribution in [2.75, 3.05) is 13.2 Å². The number of aromatic carboxylic acids is 1. The number of rotatable bonds is 7. The average molecular weight is 423 g/mol. The van der Waals surface area contributed by atoms with Crippen molar-refractivity contribution in [2.45, 2.75) is 18.5 Å². The number of furan rings is 1. The van der Waals surface area contributed by atoms with Gasteiger partial charge in [0.05, 0.1) is 17.3 Å². The topological polar surface area (TPSA) is 98.8 Å². The molecule has 1 aromatic carbocycles. The summed E-state index contributed by atoms with van der Waals surface area (Å²) in [5.41, 5.74) is 1.86. The number of carboxylic acids is 1. The van der Waals surface area contributed by atoms with Crippen molar-refractivity contribution < 1.29 is 19.4 Å². The van der Waals surface area contributed by atoms with Crippen LogP contribution in [-0.4, -0.2) is 44.3 Å². The van der Waals surface area contributed by atoms with Crippen molar-refractivity contribution in [1.82, 2.24) is 15.2 Å². The van der Waals surface area contributed by atoms with Crippen LogP contribution in [0.15, 0.2) is 65.2 Å². The van der Waals surface area contributed by atoms with Gasteiger partial charge < -0.3 is 24.8 Å². The maximum absolute atomic E-state index is 11.1. The van der Waals surface area contributed by atoms with Crippen LogP contribution in [0.25, 0.3) is 11.3 Å². The van der Waals surface area contributed by atoms with Crippen LogP contribution in [0.3, 0.4) is 0 Å². The first kappa shape index (κ1) is 20.1. The van der Waals surface area contributed by atoms with E-state index in [0.717, 1.165) is 11.3 Å². The summed E-state index contributed by atoms with van der Waals surface area (Å²) < 4.78 is 6.19. The van der Waals surface area contributed by atoms with Crippen molar-refractivity contribution in [3.8, 4) is 11.3 Å². The van der Waals surface area contributed by atoms with Gasteiger partial charge in [-0.2, -0.15) is 0 Å². The van der Waals surface area contributed by atoms with E-state index in [4.69, 9.17) is 21.7 Å². The second-order valence-corrected chi connectivity index (χ2v) is 7.37. The van der Waals surface area contributed by atoms with E-state index in [1.165, 1.54) is 0 Å². The summed E-state index contributed by atoms with van der Waals surface area (Å²) in [7, 11) is 0. The van der Waals surface area contributed by atoms with E-state index in [2.05, 4.69) is 10.3 Å². The molecule has 3 heterocycles. The van der Waals surface area contributed by atoms with Crippen LogP contribution in [0.4, 0.5) is 0 Å². The molecular formula is C22H21N3O4S. The fraction of sp³-hybridized carbons (Fsp3) is 0.227. The van der Waals surface area contributed by atoms with Crippen LogP contribution < -0.4 is 5.32 Å². The summed E-state index contributed by atoms with van der Waals surface area (Å²) in [5.74, 6) is 0.389. The van der Waals surface area contributed by atoms with E-state index < -0.39 is 5.97 Å². The van der Waals surface area contributed by atoms with Gasteiger partial charge in [0.25, 0.3) is 0 Å². The van der Waals surface area contributed by atoms with Gasteiger partial charge in [-0.25, -0.2) is 4.79 Å². The summed E-state index contributed by atoms with van der Waals surface area (Å²) >= 11 is 5.56. The maximum Gasteiger partial charge on any atom is 0.335 e. The fourth-order valence-corrected chi connectivity index (χ4v) is 3.97. The highest BCUT2D eigenvalue weighted by molar-refractivity contribution is 7.80. The number of carboxylic acid groups (broad SMARTS) is 1. The van der Waals surface area contributed by atoms with Gasteiger partial charge in [-0.05, 0) is 55.0 Å². The Morgan fingerprint density at radius 1 is 1.17 bits per heavy atom. The van der Waals surface area contributed by atoms with Crippen LogP contribution in [0.1, 0.15) is 40.3 Å². The summed E-state index contributed by atoms with van der Waals surface area (Å²) in [5, 5.41) is 22.3. The van der Waals surface area contributed by atoms with Gasteiger partial charge >= 0.3 is 5.97 Å². The third-order valence-corrected chi connectivity index (χ3v) is 5.44. The molecule has 0 saturated carbocycles. The standard InChI is InChI=1S/C22H21N3O4S/c26-13-3-12-25-20(19(24-22(25)30)16-4-1-2-11-23-16)18-10-9-17(29-18)14-5-7-15(8-6-14)21(27)28/h1-2,4-11,19-20,26H,3,12-13H2,(H,24,30)(H,27,28). The highest BCUT2D eigenvalue weighted by Gasteiger charge is 2.41. The molecule has 4 rings (SSSR count). The zero-order valence-corrected chi connectivity index (χ0v) is 16.9. The summed E-state index contributed by atoms with van der Waals surface area (Å²) in [6.07, 6.45) is 2.32. The number of pyridine rings is 1. The number of hydrogen-bond acceptors (Lipinski definition) is 5. The SMILES string of the molecule is O=C(O)c1ccc(-c2ccc(C3C(c4ccccn4)NC(=S)N3CCCO)o2)cc1. The lowest BCUT2D eigenvalue weighted by Crippen LogP contribution is -2.30. The fourth-order valence-electron chi connectivity index (χ4n) is 3.64. The third-order valence-electron chi connectivity index (χ3n) is 5.09. The molecule has 1 saturated heterocycles. The number of aliphatic hydroxyl groups is 1. The number of nitrogens with one attached hydrogen (secondary N) is 1. The van der Waals surface area contributed by atoms with Crippen LogP contribution >= 0.6 is 12.2 Å². The van der Waals surface area contributed by atoms with Gasteiger partial charge in [-0.1, -0.05) is 18.2 Å². The molecule has 1 fully saturated rings. The summed E-state index contributed by atoms with van der Waals surface area (Å²) in [6, 6.07) is 15.7. The van der Waals surface area contributed by atoms with Crippen molar-refractivity contribution in [3.05, 3.63) is 77.8 Å². The highest BCUT2D eigenvalue weighted by Crippen LogP contribution is 2.40. The molecule has 1 aliphatic rings. The second-order valence-electron chi connectivity index (χ2n) is 6.98. The Labute approximate surface area is 179 Å². The van der Waals surface area contributed by atoms with E-state index in [-0.39, 0.29) is 24.3 Å². The van der Waals surface area contributed by atoms with Crippen LogP contribution in [0.5, 0.6) is 0 Å². The number of nitrogens with zero attached hydrogens (tertiary/aromatic N) is 2. The molecule has 0 bridgehead atoms. The Kier molecular flexibility index (Phi) is 5.78. The molecule has 2 unspecified atom stereocenters. The molecule has 3 N–H and O–H groups in total. The number of hydrogen-bond donors (Lipinski definition) is 3. The molecule has 0 aliphatic carbocycles. The number of aliphatic hydroxyl groups excluding tert-OH is 1. The maximum atomic E-state index is 11.1. The van der Waals surface area contributed by atoms with Crippen molar-refractivity contribution in [3.63, 3.8) is 0 Å². The lowest BCUT2D eigenvalue weighted by molar-refractivity contribution is 0.0697. The van der Waals surface area contributed by atoms with Gasteiger partial charge in [0.1, 0.15) is 17.6 Å². The highest BCUT2D eigenvalue weighted by atomic mass is 32.1. The zero-order valence-electron chi connectivity index (χ0n) is 16.1. The molecule has 154 valence electrons. The first-order chi connectivity index (χ1) is 14.6. The van der Waals surface area contributed by atoms with Crippen molar-refractivity contribution in [1.29, 1.82) is 0 Å². The van der Waals surface area contributed by atoms with Crippen LogP contribution in [0, 0.1) is 0 Å². The molecule has 0 spiro atoms. The quantitative estimate of drug-likeness (QED) is 0.498. The van der Waals surface area contributed by atoms with E-state index in [1.54, 1.807) is 30.5 Å². The van der Waals surface area contributed by atoms with E-state index in [1.807, 2.05) is 35.2 Å². The second kappa shape index (κ2) is 8.64. The number of thiocarbonyl (C=S) groups is 1. The van der Waals surface area contributed by atoms with Crippen molar-refractivity contribution >= 4 is 23.3 Å². The molecule has 2 atom stereocenters. The van der Waals surface area contributed by atoms with E-state index in [0.29, 0.717) is 29.6 Å². The number of aromatic nitrogens is 1. The van der Waals surface area contributed by atoms with E-state index in [9.17, 15) is 9.90 Å². The van der Waals surface area contributed by atoms with Gasteiger partial charge in [0.15, 0.2) is 5.11 Å². The summed E-state index contributed by atoms with van der Waals surface area (Å²) in [6.45, 7) is 0.652. The Morgan fingerprint density at radius 3 is 2.63 bits per heavy atom. The molecule has 8 heteroatoms. The van der Waals surface area contributed by atoms with E-state index >= 15 is 0 Å². The zero-order chi connectivity index (χ0) is 21.1. The van der Waals surface area contributed by atoms with Gasteiger partial charge in [-0.15, -0.1) is 0 Å². The minimum absolute atomic E-state index is 0.0689. The predicted octanol–water partition coefficient (Wildman–Crippen LogP) is 3.39. The Morgan fingerprint density at radius 2 is 1.97 bits per heavy atom. The first-order valence-electron chi connectivity index (χ1n) is 9.61. The Bertz CT molecular complexity index is 1040. The monoisotopic (exact) mass is 423 g/mol. The average Bonchev–Trinajstić information content (AvgIpc) is 3.37. The lowest BCUT2D eigenvalue weighted by Gasteiger charge is -2.25. The van der Waals surface area contributed by atoms with Gasteiger partial charge in [0, 0.05) is 24.9 Å². The normalized spacial score (nSPS) is 18.4. The molecule has 1 aliphatic heterocycles. The number of benzene rings is 1. The molecule has 2 aromatic heterocycles. The Hall–Kier alpha value is -3.23. The first-order valence-corrected chi connectivity index (χ1v) is 10.0. The minimum Gasteiger partial charge on any atom is -0.478 e. The largest absolute Gasteiger partial charge is 0.478 e. The predicted molar refractivity (Wildman–Crippen MR) is 115 cm³/mol. The van der Waals surface area contributed by atoms with Gasteiger partial charge in [0.2, 0.25) is 0 Å². The van der Waals surface area contributed by atoms with Gasteiger partial charge in [-0.3, -0.25) is 4.98 Å². The molecule has 0 amide bonds. The van der Waals surface area contributed by atoms with Crippen LogP contribution in [0.2, 0.25) is 0 Å². The minimum atomic E-state index is -0.968.